The lowest BCUT2D eigenvalue weighted by molar-refractivity contribution is 0.0780. The summed E-state index contributed by atoms with van der Waals surface area (Å²) in [6.07, 6.45) is 1.63. The Morgan fingerprint density at radius 1 is 1.22 bits per heavy atom. The maximum Gasteiger partial charge on any atom is 0.274 e. The standard InChI is InChI=1S/C17H18N4O2/c1-3-23-16-10-9-15-18-14(12-21(15)19-16)17(22)20(2)11-13-7-5-4-6-8-13/h4-10,12H,3,11H2,1-2H3. The van der Waals surface area contributed by atoms with E-state index in [4.69, 9.17) is 4.74 Å². The van der Waals surface area contributed by atoms with Gasteiger partial charge in [-0.05, 0) is 18.6 Å². The zero-order chi connectivity index (χ0) is 16.2. The van der Waals surface area contributed by atoms with E-state index >= 15 is 0 Å². The summed E-state index contributed by atoms with van der Waals surface area (Å²) in [7, 11) is 1.76. The Hall–Kier alpha value is -2.89. The molecule has 0 saturated carbocycles. The summed E-state index contributed by atoms with van der Waals surface area (Å²) in [4.78, 5) is 18.5. The number of imidazole rings is 1. The Morgan fingerprint density at radius 3 is 2.74 bits per heavy atom. The first-order valence-electron chi connectivity index (χ1n) is 7.46. The van der Waals surface area contributed by atoms with Crippen molar-refractivity contribution in [2.45, 2.75) is 13.5 Å². The minimum Gasteiger partial charge on any atom is -0.477 e. The first-order valence-corrected chi connectivity index (χ1v) is 7.46. The Balaban J connectivity index is 1.80. The van der Waals surface area contributed by atoms with Crippen LogP contribution in [0.4, 0.5) is 0 Å². The number of ether oxygens (including phenoxy) is 1. The largest absolute Gasteiger partial charge is 0.477 e. The normalized spacial score (nSPS) is 10.7. The highest BCUT2D eigenvalue weighted by Gasteiger charge is 2.16. The average Bonchev–Trinajstić information content (AvgIpc) is 2.98. The number of hydrogen-bond donors (Lipinski definition) is 0. The number of aromatic nitrogens is 3. The molecule has 6 nitrogen and oxygen atoms in total. The van der Waals surface area contributed by atoms with Gasteiger partial charge in [-0.15, -0.1) is 5.10 Å². The van der Waals surface area contributed by atoms with E-state index in [1.54, 1.807) is 34.8 Å². The highest BCUT2D eigenvalue weighted by molar-refractivity contribution is 5.92. The summed E-state index contributed by atoms with van der Waals surface area (Å²) in [6.45, 7) is 2.97. The predicted molar refractivity (Wildman–Crippen MR) is 86.4 cm³/mol. The summed E-state index contributed by atoms with van der Waals surface area (Å²) >= 11 is 0. The Labute approximate surface area is 134 Å². The quantitative estimate of drug-likeness (QED) is 0.726. The van der Waals surface area contributed by atoms with Crippen LogP contribution in [-0.2, 0) is 6.54 Å². The molecule has 0 aliphatic rings. The van der Waals surface area contributed by atoms with Gasteiger partial charge in [-0.25, -0.2) is 9.50 Å². The van der Waals surface area contributed by atoms with Crippen molar-refractivity contribution in [3.63, 3.8) is 0 Å². The zero-order valence-electron chi connectivity index (χ0n) is 13.1. The van der Waals surface area contributed by atoms with Crippen LogP contribution >= 0.6 is 0 Å². The van der Waals surface area contributed by atoms with Gasteiger partial charge in [0, 0.05) is 19.7 Å². The van der Waals surface area contributed by atoms with Crippen LogP contribution in [0.3, 0.4) is 0 Å². The molecule has 2 aromatic heterocycles. The smallest absolute Gasteiger partial charge is 0.274 e. The molecular formula is C17H18N4O2. The van der Waals surface area contributed by atoms with Crippen molar-refractivity contribution in [2.75, 3.05) is 13.7 Å². The molecule has 0 N–H and O–H groups in total. The molecule has 0 unspecified atom stereocenters. The minimum absolute atomic E-state index is 0.141. The van der Waals surface area contributed by atoms with Gasteiger partial charge in [0.2, 0.25) is 5.88 Å². The third kappa shape index (κ3) is 3.31. The van der Waals surface area contributed by atoms with Crippen LogP contribution in [0, 0.1) is 0 Å². The number of amides is 1. The fourth-order valence-electron chi connectivity index (χ4n) is 2.32. The number of carbonyl (C=O) groups is 1. The van der Waals surface area contributed by atoms with Crippen molar-refractivity contribution in [3.8, 4) is 5.88 Å². The topological polar surface area (TPSA) is 59.7 Å². The molecule has 3 aromatic rings. The molecule has 0 aliphatic carbocycles. The second-order valence-corrected chi connectivity index (χ2v) is 5.18. The molecule has 6 heteroatoms. The molecule has 3 rings (SSSR count). The van der Waals surface area contributed by atoms with Crippen molar-refractivity contribution in [1.82, 2.24) is 19.5 Å². The number of hydrogen-bond acceptors (Lipinski definition) is 4. The van der Waals surface area contributed by atoms with Crippen LogP contribution in [0.5, 0.6) is 5.88 Å². The lowest BCUT2D eigenvalue weighted by Gasteiger charge is -2.15. The van der Waals surface area contributed by atoms with Gasteiger partial charge in [0.1, 0.15) is 5.69 Å². The molecule has 0 radical (unpaired) electrons. The first-order chi connectivity index (χ1) is 11.2. The SMILES string of the molecule is CCOc1ccc2nc(C(=O)N(C)Cc3ccccc3)cn2n1. The molecule has 0 aliphatic heterocycles. The highest BCUT2D eigenvalue weighted by atomic mass is 16.5. The van der Waals surface area contributed by atoms with Gasteiger partial charge in [-0.1, -0.05) is 30.3 Å². The Bertz CT molecular complexity index is 814. The average molecular weight is 310 g/mol. The van der Waals surface area contributed by atoms with Gasteiger partial charge in [-0.3, -0.25) is 4.79 Å². The second-order valence-electron chi connectivity index (χ2n) is 5.18. The zero-order valence-corrected chi connectivity index (χ0v) is 13.1. The summed E-state index contributed by atoms with van der Waals surface area (Å²) in [6, 6.07) is 13.4. The summed E-state index contributed by atoms with van der Waals surface area (Å²) in [5.74, 6) is 0.367. The molecule has 0 spiro atoms. The Morgan fingerprint density at radius 2 is 2.00 bits per heavy atom. The number of benzene rings is 1. The van der Waals surface area contributed by atoms with Crippen molar-refractivity contribution in [2.24, 2.45) is 0 Å². The van der Waals surface area contributed by atoms with Gasteiger partial charge in [0.05, 0.1) is 12.8 Å². The molecule has 2 heterocycles. The fraction of sp³-hybridized carbons (Fsp3) is 0.235. The van der Waals surface area contributed by atoms with Crippen molar-refractivity contribution in [3.05, 3.63) is 59.9 Å². The number of carbonyl (C=O) groups excluding carboxylic acids is 1. The molecule has 1 aromatic carbocycles. The van der Waals surface area contributed by atoms with Gasteiger partial charge >= 0.3 is 0 Å². The lowest BCUT2D eigenvalue weighted by Crippen LogP contribution is -2.26. The van der Waals surface area contributed by atoms with E-state index in [2.05, 4.69) is 10.1 Å². The van der Waals surface area contributed by atoms with Gasteiger partial charge in [0.15, 0.2) is 5.65 Å². The van der Waals surface area contributed by atoms with Crippen LogP contribution in [0.15, 0.2) is 48.7 Å². The summed E-state index contributed by atoms with van der Waals surface area (Å²) in [5.41, 5.74) is 2.05. The summed E-state index contributed by atoms with van der Waals surface area (Å²) in [5, 5.41) is 4.27. The van der Waals surface area contributed by atoms with Crippen LogP contribution in [-0.4, -0.2) is 39.1 Å². The predicted octanol–water partition coefficient (Wildman–Crippen LogP) is 2.40. The molecule has 0 atom stereocenters. The van der Waals surface area contributed by atoms with Crippen LogP contribution < -0.4 is 4.74 Å². The van der Waals surface area contributed by atoms with E-state index in [0.29, 0.717) is 30.4 Å². The number of fused-ring (bicyclic) bond motifs is 1. The molecule has 23 heavy (non-hydrogen) atoms. The Kier molecular flexibility index (Phi) is 4.23. The van der Waals surface area contributed by atoms with Crippen molar-refractivity contribution in [1.29, 1.82) is 0 Å². The van der Waals surface area contributed by atoms with E-state index in [0.717, 1.165) is 5.56 Å². The fourth-order valence-corrected chi connectivity index (χ4v) is 2.32. The van der Waals surface area contributed by atoms with E-state index < -0.39 is 0 Å². The van der Waals surface area contributed by atoms with E-state index in [1.165, 1.54) is 0 Å². The van der Waals surface area contributed by atoms with Crippen LogP contribution in [0.2, 0.25) is 0 Å². The molecule has 0 fully saturated rings. The highest BCUT2D eigenvalue weighted by Crippen LogP contribution is 2.12. The van der Waals surface area contributed by atoms with Crippen LogP contribution in [0.25, 0.3) is 5.65 Å². The van der Waals surface area contributed by atoms with Crippen molar-refractivity contribution < 1.29 is 9.53 Å². The minimum atomic E-state index is -0.141. The second kappa shape index (κ2) is 6.48. The first kappa shape index (κ1) is 15.0. The maximum atomic E-state index is 12.5. The maximum absolute atomic E-state index is 12.5. The third-order valence-corrected chi connectivity index (χ3v) is 3.42. The van der Waals surface area contributed by atoms with Crippen LogP contribution in [0.1, 0.15) is 23.0 Å². The van der Waals surface area contributed by atoms with Gasteiger partial charge < -0.3 is 9.64 Å². The molecule has 118 valence electrons. The molecule has 0 bridgehead atoms. The van der Waals surface area contributed by atoms with Crippen molar-refractivity contribution >= 4 is 11.6 Å². The number of rotatable bonds is 5. The molecule has 0 saturated heterocycles. The monoisotopic (exact) mass is 310 g/mol. The van der Waals surface area contributed by atoms with E-state index in [9.17, 15) is 4.79 Å². The van der Waals surface area contributed by atoms with Gasteiger partial charge in [-0.2, -0.15) is 0 Å². The lowest BCUT2D eigenvalue weighted by atomic mass is 10.2. The molecule has 1 amide bonds. The molecular weight excluding hydrogens is 292 g/mol. The van der Waals surface area contributed by atoms with Gasteiger partial charge in [0.25, 0.3) is 5.91 Å². The number of nitrogens with zero attached hydrogens (tertiary/aromatic N) is 4. The van der Waals surface area contributed by atoms with E-state index in [1.807, 2.05) is 37.3 Å². The third-order valence-electron chi connectivity index (χ3n) is 3.42. The summed E-state index contributed by atoms with van der Waals surface area (Å²) < 4.78 is 6.92. The van der Waals surface area contributed by atoms with E-state index in [-0.39, 0.29) is 5.91 Å².